The molecule has 0 bridgehead atoms. The third-order valence-electron chi connectivity index (χ3n) is 13.4. The molecule has 408 valence electrons. The maximum absolute atomic E-state index is 13.5. The van der Waals surface area contributed by atoms with Crippen molar-refractivity contribution >= 4 is 19.7 Å². The van der Waals surface area contributed by atoms with E-state index >= 15 is 0 Å². The summed E-state index contributed by atoms with van der Waals surface area (Å²) in [6.07, 6.45) is 57.1. The molecule has 0 radical (unpaired) electrons. The smallest absolute Gasteiger partial charge is 0.306 e. The fourth-order valence-corrected chi connectivity index (χ4v) is 9.48. The van der Waals surface area contributed by atoms with Gasteiger partial charge in [-0.3, -0.25) is 14.2 Å². The number of ether oxygens (including phenoxy) is 1. The van der Waals surface area contributed by atoms with Crippen molar-refractivity contribution < 1.29 is 37.3 Å². The second-order valence-corrected chi connectivity index (χ2v) is 22.9. The van der Waals surface area contributed by atoms with E-state index in [9.17, 15) is 19.0 Å². The molecule has 0 aromatic carbocycles. The lowest BCUT2D eigenvalue weighted by Crippen LogP contribution is -2.47. The van der Waals surface area contributed by atoms with Gasteiger partial charge in [0.1, 0.15) is 19.3 Å². The van der Waals surface area contributed by atoms with Gasteiger partial charge in [0.05, 0.1) is 33.8 Å². The van der Waals surface area contributed by atoms with Crippen molar-refractivity contribution in [3.63, 3.8) is 0 Å². The molecule has 1 N–H and O–H groups in total. The Balaban J connectivity index is 5.22. The van der Waals surface area contributed by atoms with Crippen molar-refractivity contribution in [3.8, 4) is 0 Å². The number of amides is 1. The summed E-state index contributed by atoms with van der Waals surface area (Å²) in [6, 6.07) is -0.881. The van der Waals surface area contributed by atoms with Crippen LogP contribution in [0.15, 0.2) is 24.3 Å². The largest absolute Gasteiger partial charge is 0.756 e. The van der Waals surface area contributed by atoms with Gasteiger partial charge in [-0.2, -0.15) is 0 Å². The standard InChI is InChI=1S/C59H115N2O7P/c1-7-10-13-16-19-22-25-27-28-29-30-31-32-34-37-40-43-46-49-52-59(63)68-57(50-47-44-41-38-35-24-21-18-15-12-9-3)56(55-67-69(64,65)66-54-53-61(4,5)6)60-58(62)51-48-45-42-39-36-33-26-23-20-17-14-11-8-2/h27-28,47,50,56-57H,7-26,29-46,48-49,51-55H2,1-6H3,(H-,60,62,64,65)/b28-27+,50-47+. The van der Waals surface area contributed by atoms with Gasteiger partial charge in [-0.15, -0.1) is 0 Å². The number of nitrogens with one attached hydrogen (secondary N) is 1. The predicted molar refractivity (Wildman–Crippen MR) is 293 cm³/mol. The van der Waals surface area contributed by atoms with Crippen LogP contribution in [0.2, 0.25) is 0 Å². The lowest BCUT2D eigenvalue weighted by Gasteiger charge is -2.30. The minimum Gasteiger partial charge on any atom is -0.756 e. The summed E-state index contributed by atoms with van der Waals surface area (Å²) in [5.41, 5.74) is 0. The third-order valence-corrected chi connectivity index (χ3v) is 14.3. The monoisotopic (exact) mass is 995 g/mol. The number of unbranched alkanes of at least 4 members (excludes halogenated alkanes) is 36. The quantitative estimate of drug-likeness (QED) is 0.0212. The van der Waals surface area contributed by atoms with Crippen LogP contribution in [0.25, 0.3) is 0 Å². The third kappa shape index (κ3) is 51.2. The molecule has 9 nitrogen and oxygen atoms in total. The number of likely N-dealkylation sites (N-methyl/N-ethyl adjacent to an activating group) is 1. The highest BCUT2D eigenvalue weighted by atomic mass is 31.2. The second-order valence-electron chi connectivity index (χ2n) is 21.5. The zero-order chi connectivity index (χ0) is 50.8. The maximum Gasteiger partial charge on any atom is 0.306 e. The Bertz CT molecular complexity index is 1240. The molecule has 0 fully saturated rings. The average Bonchev–Trinajstić information content (AvgIpc) is 3.31. The number of carbonyl (C=O) groups is 2. The molecule has 0 heterocycles. The first kappa shape index (κ1) is 67.5. The summed E-state index contributed by atoms with van der Waals surface area (Å²) in [5, 5.41) is 3.02. The van der Waals surface area contributed by atoms with Crippen molar-refractivity contribution in [3.05, 3.63) is 24.3 Å². The number of hydrogen-bond donors (Lipinski definition) is 1. The zero-order valence-electron chi connectivity index (χ0n) is 46.5. The molecular weight excluding hydrogens is 880 g/mol. The van der Waals surface area contributed by atoms with E-state index in [-0.39, 0.29) is 31.5 Å². The number of esters is 1. The Labute approximate surface area is 428 Å². The number of phosphoric acid groups is 1. The van der Waals surface area contributed by atoms with E-state index in [1.807, 2.05) is 33.3 Å². The van der Waals surface area contributed by atoms with E-state index < -0.39 is 20.0 Å². The molecule has 0 aliphatic rings. The summed E-state index contributed by atoms with van der Waals surface area (Å²) in [4.78, 5) is 39.8. The lowest BCUT2D eigenvalue weighted by molar-refractivity contribution is -0.870. The van der Waals surface area contributed by atoms with E-state index in [0.717, 1.165) is 57.8 Å². The molecule has 0 aromatic rings. The van der Waals surface area contributed by atoms with Gasteiger partial charge in [-0.25, -0.2) is 0 Å². The highest BCUT2D eigenvalue weighted by molar-refractivity contribution is 7.45. The van der Waals surface area contributed by atoms with Crippen LogP contribution in [0, 0.1) is 0 Å². The molecule has 1 amide bonds. The highest BCUT2D eigenvalue weighted by Crippen LogP contribution is 2.38. The number of allylic oxidation sites excluding steroid dienone is 3. The van der Waals surface area contributed by atoms with Crippen molar-refractivity contribution in [2.45, 2.75) is 303 Å². The van der Waals surface area contributed by atoms with Crippen LogP contribution in [0.4, 0.5) is 0 Å². The number of quaternary nitrogens is 1. The van der Waals surface area contributed by atoms with Crippen molar-refractivity contribution in [1.29, 1.82) is 0 Å². The molecular formula is C59H115N2O7P. The Morgan fingerprint density at radius 1 is 0.493 bits per heavy atom. The predicted octanol–water partition coefficient (Wildman–Crippen LogP) is 17.1. The van der Waals surface area contributed by atoms with Gasteiger partial charge < -0.3 is 28.5 Å². The number of carbonyl (C=O) groups excluding carboxylic acids is 2. The molecule has 0 aromatic heterocycles. The number of nitrogens with zero attached hydrogens (tertiary/aromatic N) is 1. The fraction of sp³-hybridized carbons (Fsp3) is 0.898. The van der Waals surface area contributed by atoms with Gasteiger partial charge in [0.25, 0.3) is 7.82 Å². The summed E-state index contributed by atoms with van der Waals surface area (Å²) in [6.45, 7) is 6.86. The van der Waals surface area contributed by atoms with Crippen LogP contribution in [0.5, 0.6) is 0 Å². The molecule has 0 saturated carbocycles. The maximum atomic E-state index is 13.5. The van der Waals surface area contributed by atoms with E-state index in [4.69, 9.17) is 13.8 Å². The van der Waals surface area contributed by atoms with E-state index in [2.05, 4.69) is 38.2 Å². The first-order valence-electron chi connectivity index (χ1n) is 29.6. The van der Waals surface area contributed by atoms with Crippen LogP contribution in [-0.2, 0) is 27.9 Å². The van der Waals surface area contributed by atoms with Crippen molar-refractivity contribution in [2.75, 3.05) is 40.9 Å². The fourth-order valence-electron chi connectivity index (χ4n) is 8.75. The summed E-state index contributed by atoms with van der Waals surface area (Å²) < 4.78 is 30.2. The Hall–Kier alpha value is -1.51. The lowest BCUT2D eigenvalue weighted by atomic mass is 10.0. The first-order valence-corrected chi connectivity index (χ1v) is 31.1. The van der Waals surface area contributed by atoms with Crippen molar-refractivity contribution in [1.82, 2.24) is 5.32 Å². The number of rotatable bonds is 54. The molecule has 69 heavy (non-hydrogen) atoms. The highest BCUT2D eigenvalue weighted by Gasteiger charge is 2.27. The average molecular weight is 996 g/mol. The van der Waals surface area contributed by atoms with E-state index in [1.54, 1.807) is 0 Å². The van der Waals surface area contributed by atoms with E-state index in [0.29, 0.717) is 17.4 Å². The van der Waals surface area contributed by atoms with E-state index in [1.165, 1.54) is 199 Å². The topological polar surface area (TPSA) is 114 Å². The molecule has 0 aliphatic heterocycles. The Morgan fingerprint density at radius 3 is 1.23 bits per heavy atom. The van der Waals surface area contributed by atoms with Crippen LogP contribution < -0.4 is 10.2 Å². The molecule has 10 heteroatoms. The molecule has 3 unspecified atom stereocenters. The Kier molecular flexibility index (Phi) is 48.9. The molecule has 0 rings (SSSR count). The molecule has 3 atom stereocenters. The van der Waals surface area contributed by atoms with Crippen LogP contribution >= 0.6 is 7.82 Å². The number of hydrogen-bond acceptors (Lipinski definition) is 7. The minimum atomic E-state index is -4.69. The van der Waals surface area contributed by atoms with Gasteiger partial charge in [0.15, 0.2) is 0 Å². The van der Waals surface area contributed by atoms with Crippen LogP contribution in [0.1, 0.15) is 290 Å². The van der Waals surface area contributed by atoms with Gasteiger partial charge >= 0.3 is 5.97 Å². The van der Waals surface area contributed by atoms with Gasteiger partial charge in [-0.1, -0.05) is 244 Å². The SMILES string of the molecule is CCCCCCCC/C=C/CCCCCCCCCCCC(=O)OC(/C=C/CCCCCCCCCCC)C(COP(=O)([O-])OCC[N+](C)(C)C)NC(=O)CCCCCCCCCCCCCCC. The van der Waals surface area contributed by atoms with Crippen LogP contribution in [-0.4, -0.2) is 69.4 Å². The minimum absolute atomic E-state index is 0.0192. The summed E-state index contributed by atoms with van der Waals surface area (Å²) >= 11 is 0. The molecule has 0 spiro atoms. The first-order chi connectivity index (χ1) is 33.4. The summed E-state index contributed by atoms with van der Waals surface area (Å²) in [7, 11) is 1.20. The second kappa shape index (κ2) is 50.0. The normalized spacial score (nSPS) is 13.9. The summed E-state index contributed by atoms with van der Waals surface area (Å²) in [5.74, 6) is -0.531. The van der Waals surface area contributed by atoms with Gasteiger partial charge in [-0.05, 0) is 57.4 Å². The zero-order valence-corrected chi connectivity index (χ0v) is 47.4. The molecule has 0 aliphatic carbocycles. The van der Waals surface area contributed by atoms with Gasteiger partial charge in [0.2, 0.25) is 5.91 Å². The molecule has 0 saturated heterocycles. The van der Waals surface area contributed by atoms with Crippen molar-refractivity contribution in [2.24, 2.45) is 0 Å². The number of phosphoric ester groups is 1. The van der Waals surface area contributed by atoms with Gasteiger partial charge in [0, 0.05) is 12.8 Å². The Morgan fingerprint density at radius 2 is 0.841 bits per heavy atom. The van der Waals surface area contributed by atoms with Crippen LogP contribution in [0.3, 0.4) is 0 Å².